The highest BCUT2D eigenvalue weighted by Gasteiger charge is 2.23. The molecule has 2 heterocycles. The first kappa shape index (κ1) is 17.4. The van der Waals surface area contributed by atoms with Crippen molar-refractivity contribution in [2.75, 3.05) is 59.7 Å². The highest BCUT2D eigenvalue weighted by Crippen LogP contribution is 2.25. The Balaban J connectivity index is 1.80. The third kappa shape index (κ3) is 5.66. The van der Waals surface area contributed by atoms with E-state index in [1.54, 1.807) is 18.4 Å². The van der Waals surface area contributed by atoms with Gasteiger partial charge in [-0.05, 0) is 11.4 Å². The van der Waals surface area contributed by atoms with Gasteiger partial charge in [0, 0.05) is 38.2 Å². The summed E-state index contributed by atoms with van der Waals surface area (Å²) in [5, 5.41) is 8.16. The average Bonchev–Trinajstić information content (AvgIpc) is 3.07. The minimum Gasteiger partial charge on any atom is -0.383 e. The predicted octanol–water partition coefficient (Wildman–Crippen LogP) is 0.474. The second kappa shape index (κ2) is 9.91. The molecule has 1 saturated heterocycles. The third-order valence-corrected chi connectivity index (χ3v) is 4.59. The lowest BCUT2D eigenvalue weighted by molar-refractivity contribution is -0.120. The fourth-order valence-electron chi connectivity index (χ4n) is 2.43. The maximum Gasteiger partial charge on any atom is 0.234 e. The fraction of sp³-hybridized carbons (Fsp3) is 0.667. The van der Waals surface area contributed by atoms with Crippen LogP contribution in [0.1, 0.15) is 10.9 Å². The number of thiophene rings is 1. The molecule has 0 bridgehead atoms. The number of ether oxygens (including phenoxy) is 2. The minimum atomic E-state index is 0.0194. The molecule has 1 fully saturated rings. The van der Waals surface area contributed by atoms with Crippen LogP contribution < -0.4 is 10.6 Å². The highest BCUT2D eigenvalue weighted by molar-refractivity contribution is 7.10. The molecule has 0 aromatic carbocycles. The van der Waals surface area contributed by atoms with E-state index in [1.807, 2.05) is 0 Å². The van der Waals surface area contributed by atoms with Gasteiger partial charge in [-0.3, -0.25) is 9.69 Å². The Morgan fingerprint density at radius 2 is 2.32 bits per heavy atom. The van der Waals surface area contributed by atoms with Crippen molar-refractivity contribution in [2.45, 2.75) is 6.04 Å². The van der Waals surface area contributed by atoms with Crippen molar-refractivity contribution in [2.24, 2.45) is 0 Å². The standard InChI is InChI=1S/C15H25N3O3S/c1-20-7-4-16-12-15(19)17-11-13(14-3-2-10-22-14)18-5-8-21-9-6-18/h2-3,10,13,16H,4-9,11-12H2,1H3,(H,17,19). The second-order valence-corrected chi connectivity index (χ2v) is 6.13. The number of amides is 1. The largest absolute Gasteiger partial charge is 0.383 e. The van der Waals surface area contributed by atoms with Crippen molar-refractivity contribution in [3.63, 3.8) is 0 Å². The topological polar surface area (TPSA) is 62.8 Å². The molecule has 0 radical (unpaired) electrons. The van der Waals surface area contributed by atoms with Crippen molar-refractivity contribution >= 4 is 17.2 Å². The summed E-state index contributed by atoms with van der Waals surface area (Å²) < 4.78 is 10.4. The zero-order valence-electron chi connectivity index (χ0n) is 13.0. The minimum absolute atomic E-state index is 0.0194. The normalized spacial score (nSPS) is 17.3. The van der Waals surface area contributed by atoms with Crippen LogP contribution in [0.2, 0.25) is 0 Å². The lowest BCUT2D eigenvalue weighted by atomic mass is 10.2. The number of nitrogens with zero attached hydrogens (tertiary/aromatic N) is 1. The number of carbonyl (C=O) groups is 1. The SMILES string of the molecule is COCCNCC(=O)NCC(c1cccs1)N1CCOCC1. The molecule has 7 heteroatoms. The molecular formula is C15H25N3O3S. The average molecular weight is 327 g/mol. The predicted molar refractivity (Wildman–Crippen MR) is 87.2 cm³/mol. The number of rotatable bonds is 9. The number of morpholine rings is 1. The van der Waals surface area contributed by atoms with E-state index in [1.165, 1.54) is 4.88 Å². The van der Waals surface area contributed by atoms with Crippen LogP contribution in [-0.4, -0.2) is 70.5 Å². The van der Waals surface area contributed by atoms with Crippen LogP contribution in [0.3, 0.4) is 0 Å². The van der Waals surface area contributed by atoms with Gasteiger partial charge in [0.25, 0.3) is 0 Å². The van der Waals surface area contributed by atoms with E-state index < -0.39 is 0 Å². The van der Waals surface area contributed by atoms with Crippen LogP contribution >= 0.6 is 11.3 Å². The summed E-state index contributed by atoms with van der Waals surface area (Å²) in [6, 6.07) is 4.42. The molecule has 1 aliphatic heterocycles. The fourth-order valence-corrected chi connectivity index (χ4v) is 3.29. The van der Waals surface area contributed by atoms with Crippen LogP contribution in [0.4, 0.5) is 0 Å². The highest BCUT2D eigenvalue weighted by atomic mass is 32.1. The zero-order chi connectivity index (χ0) is 15.6. The van der Waals surface area contributed by atoms with Gasteiger partial charge in [-0.15, -0.1) is 11.3 Å². The van der Waals surface area contributed by atoms with Gasteiger partial charge in [0.1, 0.15) is 0 Å². The summed E-state index contributed by atoms with van der Waals surface area (Å²) in [5.41, 5.74) is 0. The summed E-state index contributed by atoms with van der Waals surface area (Å²) in [6.45, 7) is 5.58. The summed E-state index contributed by atoms with van der Waals surface area (Å²) in [4.78, 5) is 15.6. The van der Waals surface area contributed by atoms with Crippen molar-refractivity contribution in [3.8, 4) is 0 Å². The van der Waals surface area contributed by atoms with E-state index in [9.17, 15) is 4.79 Å². The molecule has 1 aliphatic rings. The molecule has 22 heavy (non-hydrogen) atoms. The van der Waals surface area contributed by atoms with Gasteiger partial charge in [-0.2, -0.15) is 0 Å². The van der Waals surface area contributed by atoms with Gasteiger partial charge in [0.15, 0.2) is 0 Å². The lowest BCUT2D eigenvalue weighted by Crippen LogP contribution is -2.45. The smallest absolute Gasteiger partial charge is 0.234 e. The van der Waals surface area contributed by atoms with E-state index >= 15 is 0 Å². The molecule has 2 N–H and O–H groups in total. The number of carbonyl (C=O) groups excluding carboxylic acids is 1. The molecule has 1 unspecified atom stereocenters. The van der Waals surface area contributed by atoms with Crippen LogP contribution in [-0.2, 0) is 14.3 Å². The molecule has 1 aromatic rings. The van der Waals surface area contributed by atoms with Crippen LogP contribution in [0.5, 0.6) is 0 Å². The number of hydrogen-bond acceptors (Lipinski definition) is 6. The summed E-state index contributed by atoms with van der Waals surface area (Å²) in [5.74, 6) is 0.0194. The quantitative estimate of drug-likeness (QED) is 0.646. The maximum atomic E-state index is 11.9. The van der Waals surface area contributed by atoms with Gasteiger partial charge >= 0.3 is 0 Å². The Hall–Kier alpha value is -0.990. The first-order valence-corrected chi connectivity index (χ1v) is 8.51. The van der Waals surface area contributed by atoms with E-state index in [2.05, 4.69) is 33.0 Å². The van der Waals surface area contributed by atoms with E-state index in [-0.39, 0.29) is 11.9 Å². The van der Waals surface area contributed by atoms with Crippen molar-refractivity contribution in [1.29, 1.82) is 0 Å². The van der Waals surface area contributed by atoms with Gasteiger partial charge in [0.05, 0.1) is 32.4 Å². The van der Waals surface area contributed by atoms with Gasteiger partial charge in [0.2, 0.25) is 5.91 Å². The molecule has 1 amide bonds. The van der Waals surface area contributed by atoms with Crippen molar-refractivity contribution < 1.29 is 14.3 Å². The van der Waals surface area contributed by atoms with Crippen molar-refractivity contribution in [3.05, 3.63) is 22.4 Å². The zero-order valence-corrected chi connectivity index (χ0v) is 13.9. The Bertz CT molecular complexity index is 422. The molecule has 6 nitrogen and oxygen atoms in total. The molecular weight excluding hydrogens is 302 g/mol. The Morgan fingerprint density at radius 1 is 1.50 bits per heavy atom. The van der Waals surface area contributed by atoms with Gasteiger partial charge in [-0.25, -0.2) is 0 Å². The Morgan fingerprint density at radius 3 is 3.00 bits per heavy atom. The third-order valence-electron chi connectivity index (χ3n) is 3.62. The van der Waals surface area contributed by atoms with E-state index in [0.717, 1.165) is 26.3 Å². The Kier molecular flexibility index (Phi) is 7.82. The van der Waals surface area contributed by atoms with Gasteiger partial charge < -0.3 is 20.1 Å². The van der Waals surface area contributed by atoms with E-state index in [4.69, 9.17) is 9.47 Å². The van der Waals surface area contributed by atoms with Crippen LogP contribution in [0, 0.1) is 0 Å². The van der Waals surface area contributed by atoms with Gasteiger partial charge in [-0.1, -0.05) is 6.07 Å². The van der Waals surface area contributed by atoms with Crippen molar-refractivity contribution in [1.82, 2.24) is 15.5 Å². The molecule has 2 rings (SSSR count). The van der Waals surface area contributed by atoms with Crippen LogP contribution in [0.25, 0.3) is 0 Å². The summed E-state index contributed by atoms with van der Waals surface area (Å²) >= 11 is 1.73. The molecule has 1 aromatic heterocycles. The number of hydrogen-bond donors (Lipinski definition) is 2. The second-order valence-electron chi connectivity index (χ2n) is 5.15. The first-order chi connectivity index (χ1) is 10.8. The lowest BCUT2D eigenvalue weighted by Gasteiger charge is -2.34. The molecule has 124 valence electrons. The van der Waals surface area contributed by atoms with E-state index in [0.29, 0.717) is 26.2 Å². The molecule has 1 atom stereocenters. The molecule has 0 aliphatic carbocycles. The number of methoxy groups -OCH3 is 1. The van der Waals surface area contributed by atoms with Crippen LogP contribution in [0.15, 0.2) is 17.5 Å². The molecule has 0 spiro atoms. The summed E-state index contributed by atoms with van der Waals surface area (Å²) in [6.07, 6.45) is 0. The number of nitrogens with one attached hydrogen (secondary N) is 2. The Labute approximate surface area is 135 Å². The molecule has 0 saturated carbocycles. The summed E-state index contributed by atoms with van der Waals surface area (Å²) in [7, 11) is 1.65. The first-order valence-electron chi connectivity index (χ1n) is 7.63. The monoisotopic (exact) mass is 327 g/mol. The maximum absolute atomic E-state index is 11.9.